The largest absolute Gasteiger partial charge is 0.457 e. The van der Waals surface area contributed by atoms with Gasteiger partial charge in [-0.15, -0.1) is 0 Å². The highest BCUT2D eigenvalue weighted by Gasteiger charge is 2.18. The van der Waals surface area contributed by atoms with Gasteiger partial charge in [0.15, 0.2) is 6.61 Å². The number of nitrogens with one attached hydrogen (secondary N) is 1. The second-order valence-electron chi connectivity index (χ2n) is 7.16. The Balaban J connectivity index is 1.41. The third-order valence-corrected chi connectivity index (χ3v) is 5.17. The Bertz CT molecular complexity index is 1330. The van der Waals surface area contributed by atoms with E-state index in [0.717, 1.165) is 16.6 Å². The zero-order chi connectivity index (χ0) is 21.3. The maximum Gasteiger partial charge on any atom is 0.306 e. The molecule has 0 amide bonds. The van der Waals surface area contributed by atoms with Crippen LogP contribution in [-0.2, 0) is 23.0 Å². The van der Waals surface area contributed by atoms with Gasteiger partial charge in [-0.3, -0.25) is 19.0 Å². The SMILES string of the molecule is Cc1[nH]c2ccccc2c1C(=O)COC(=O)CCc1nc2ccccc2c(=O)n1C. The molecule has 0 aliphatic rings. The Morgan fingerprint density at radius 3 is 2.57 bits per heavy atom. The highest BCUT2D eigenvalue weighted by molar-refractivity contribution is 6.10. The molecule has 0 unspecified atom stereocenters. The number of hydrogen-bond acceptors (Lipinski definition) is 5. The lowest BCUT2D eigenvalue weighted by Crippen LogP contribution is -2.23. The summed E-state index contributed by atoms with van der Waals surface area (Å²) in [5.41, 5.74) is 2.58. The first-order valence-corrected chi connectivity index (χ1v) is 9.66. The predicted molar refractivity (Wildman–Crippen MR) is 114 cm³/mol. The summed E-state index contributed by atoms with van der Waals surface area (Å²) in [6.45, 7) is 1.49. The number of ether oxygens (including phenoxy) is 1. The normalized spacial score (nSPS) is 11.1. The van der Waals surface area contributed by atoms with Gasteiger partial charge in [0.25, 0.3) is 5.56 Å². The number of ketones is 1. The summed E-state index contributed by atoms with van der Waals surface area (Å²) in [4.78, 5) is 44.9. The van der Waals surface area contributed by atoms with Crippen LogP contribution in [0.15, 0.2) is 53.3 Å². The Morgan fingerprint density at radius 2 is 1.77 bits per heavy atom. The molecule has 1 N–H and O–H groups in total. The number of nitrogens with zero attached hydrogens (tertiary/aromatic N) is 2. The average molecular weight is 403 g/mol. The van der Waals surface area contributed by atoms with E-state index in [-0.39, 0.29) is 30.8 Å². The van der Waals surface area contributed by atoms with Crippen molar-refractivity contribution >= 4 is 33.6 Å². The van der Waals surface area contributed by atoms with Gasteiger partial charge in [0.2, 0.25) is 5.78 Å². The number of fused-ring (bicyclic) bond motifs is 2. The third kappa shape index (κ3) is 3.61. The Labute approximate surface area is 172 Å². The van der Waals surface area contributed by atoms with Crippen LogP contribution in [0.4, 0.5) is 0 Å². The molecule has 7 nitrogen and oxygen atoms in total. The van der Waals surface area contributed by atoms with Gasteiger partial charge < -0.3 is 9.72 Å². The minimum absolute atomic E-state index is 0.0266. The number of aromatic amines is 1. The van der Waals surface area contributed by atoms with Gasteiger partial charge in [-0.05, 0) is 25.1 Å². The van der Waals surface area contributed by atoms with Crippen molar-refractivity contribution in [3.8, 4) is 0 Å². The van der Waals surface area contributed by atoms with Gasteiger partial charge in [0.05, 0.1) is 17.3 Å². The number of hydrogen-bond donors (Lipinski definition) is 1. The number of carbonyl (C=O) groups is 2. The Morgan fingerprint density at radius 1 is 1.07 bits per heavy atom. The summed E-state index contributed by atoms with van der Waals surface area (Å²) >= 11 is 0. The van der Waals surface area contributed by atoms with Crippen LogP contribution in [0.5, 0.6) is 0 Å². The van der Waals surface area contributed by atoms with Crippen LogP contribution in [0.2, 0.25) is 0 Å². The summed E-state index contributed by atoms with van der Waals surface area (Å²) in [5.74, 6) is -0.271. The van der Waals surface area contributed by atoms with E-state index >= 15 is 0 Å². The predicted octanol–water partition coefficient (Wildman–Crippen LogP) is 3.08. The van der Waals surface area contributed by atoms with Crippen molar-refractivity contribution < 1.29 is 14.3 Å². The number of carbonyl (C=O) groups excluding carboxylic acids is 2. The molecule has 0 spiro atoms. The first-order valence-electron chi connectivity index (χ1n) is 9.66. The van der Waals surface area contributed by atoms with Crippen LogP contribution in [0.1, 0.15) is 28.3 Å². The molecule has 0 bridgehead atoms. The highest BCUT2D eigenvalue weighted by atomic mass is 16.5. The van der Waals surface area contributed by atoms with E-state index in [4.69, 9.17) is 4.74 Å². The van der Waals surface area contributed by atoms with Gasteiger partial charge >= 0.3 is 5.97 Å². The summed E-state index contributed by atoms with van der Waals surface area (Å²) in [5, 5.41) is 1.34. The van der Waals surface area contributed by atoms with Crippen LogP contribution in [0.3, 0.4) is 0 Å². The van der Waals surface area contributed by atoms with Gasteiger partial charge in [0.1, 0.15) is 5.82 Å². The molecule has 2 aromatic carbocycles. The molecular formula is C23H21N3O4. The molecule has 30 heavy (non-hydrogen) atoms. The molecule has 0 saturated heterocycles. The Kier molecular flexibility index (Phi) is 5.18. The van der Waals surface area contributed by atoms with Crippen molar-refractivity contribution in [2.45, 2.75) is 19.8 Å². The van der Waals surface area contributed by atoms with E-state index < -0.39 is 5.97 Å². The summed E-state index contributed by atoms with van der Waals surface area (Å²) in [6.07, 6.45) is 0.272. The molecule has 4 aromatic rings. The van der Waals surface area contributed by atoms with Crippen molar-refractivity contribution in [1.29, 1.82) is 0 Å². The van der Waals surface area contributed by atoms with Crippen LogP contribution >= 0.6 is 0 Å². The first-order chi connectivity index (χ1) is 14.5. The van der Waals surface area contributed by atoms with Gasteiger partial charge in [-0.1, -0.05) is 30.3 Å². The topological polar surface area (TPSA) is 94.1 Å². The second-order valence-corrected chi connectivity index (χ2v) is 7.16. The number of benzene rings is 2. The summed E-state index contributed by atoms with van der Waals surface area (Å²) in [6, 6.07) is 14.6. The number of esters is 1. The standard InChI is InChI=1S/C23H21N3O4/c1-14-22(15-7-3-5-9-17(15)24-14)19(27)13-30-21(28)12-11-20-25-18-10-6-4-8-16(18)23(29)26(20)2/h3-10,24H,11-13H2,1-2H3. The molecule has 2 heterocycles. The first kappa shape index (κ1) is 19.6. The smallest absolute Gasteiger partial charge is 0.306 e. The zero-order valence-electron chi connectivity index (χ0n) is 16.8. The number of aryl methyl sites for hydroxylation is 2. The molecule has 4 rings (SSSR count). The van der Waals surface area contributed by atoms with E-state index in [1.807, 2.05) is 37.3 Å². The number of para-hydroxylation sites is 2. The molecule has 0 saturated carbocycles. The third-order valence-electron chi connectivity index (χ3n) is 5.17. The zero-order valence-corrected chi connectivity index (χ0v) is 16.8. The molecule has 0 atom stereocenters. The molecule has 0 aliphatic carbocycles. The number of aromatic nitrogens is 3. The van der Waals surface area contributed by atoms with Gasteiger partial charge in [-0.2, -0.15) is 0 Å². The monoisotopic (exact) mass is 403 g/mol. The van der Waals surface area contributed by atoms with Crippen LogP contribution < -0.4 is 5.56 Å². The number of rotatable bonds is 6. The minimum atomic E-state index is -0.511. The average Bonchev–Trinajstić information content (AvgIpc) is 3.09. The van der Waals surface area contributed by atoms with Gasteiger partial charge in [-0.25, -0.2) is 4.98 Å². The van der Waals surface area contributed by atoms with E-state index in [1.165, 1.54) is 4.57 Å². The van der Waals surface area contributed by atoms with E-state index in [2.05, 4.69) is 9.97 Å². The van der Waals surface area contributed by atoms with E-state index in [9.17, 15) is 14.4 Å². The fourth-order valence-corrected chi connectivity index (χ4v) is 3.63. The fraction of sp³-hybridized carbons (Fsp3) is 0.217. The van der Waals surface area contributed by atoms with Gasteiger partial charge in [0, 0.05) is 35.6 Å². The number of Topliss-reactive ketones (excluding diaryl/α,β-unsaturated/α-hetero) is 1. The van der Waals surface area contributed by atoms with E-state index in [1.54, 1.807) is 25.2 Å². The van der Waals surface area contributed by atoms with Crippen LogP contribution in [0.25, 0.3) is 21.8 Å². The fourth-order valence-electron chi connectivity index (χ4n) is 3.63. The molecule has 0 fully saturated rings. The molecule has 0 radical (unpaired) electrons. The molecule has 2 aromatic heterocycles. The van der Waals surface area contributed by atoms with Crippen molar-refractivity contribution in [1.82, 2.24) is 14.5 Å². The lowest BCUT2D eigenvalue weighted by Gasteiger charge is -2.09. The lowest BCUT2D eigenvalue weighted by molar-refractivity contribution is -0.142. The maximum absolute atomic E-state index is 12.6. The minimum Gasteiger partial charge on any atom is -0.457 e. The lowest BCUT2D eigenvalue weighted by atomic mass is 10.1. The van der Waals surface area contributed by atoms with Crippen LogP contribution in [-0.4, -0.2) is 32.9 Å². The molecular weight excluding hydrogens is 382 g/mol. The summed E-state index contributed by atoms with van der Waals surface area (Å²) < 4.78 is 6.63. The summed E-state index contributed by atoms with van der Waals surface area (Å²) in [7, 11) is 1.63. The van der Waals surface area contributed by atoms with Crippen molar-refractivity contribution in [3.63, 3.8) is 0 Å². The van der Waals surface area contributed by atoms with Crippen LogP contribution in [0, 0.1) is 6.92 Å². The molecule has 7 heteroatoms. The molecule has 0 aliphatic heterocycles. The second kappa shape index (κ2) is 7.94. The van der Waals surface area contributed by atoms with Crippen molar-refractivity contribution in [2.24, 2.45) is 7.05 Å². The van der Waals surface area contributed by atoms with Crippen molar-refractivity contribution in [3.05, 3.63) is 76.0 Å². The highest BCUT2D eigenvalue weighted by Crippen LogP contribution is 2.22. The van der Waals surface area contributed by atoms with E-state index in [0.29, 0.717) is 22.3 Å². The van der Waals surface area contributed by atoms with Crippen molar-refractivity contribution in [2.75, 3.05) is 6.61 Å². The maximum atomic E-state index is 12.6. The Hall–Kier alpha value is -3.74. The molecule has 152 valence electrons. The number of H-pyrrole nitrogens is 1. The quantitative estimate of drug-likeness (QED) is 0.394.